The third kappa shape index (κ3) is 3.75. The van der Waals surface area contributed by atoms with E-state index in [9.17, 15) is 4.79 Å². The van der Waals surface area contributed by atoms with Crippen LogP contribution in [-0.2, 0) is 4.79 Å². The first-order valence-electron chi connectivity index (χ1n) is 7.57. The standard InChI is InChI=1S/C17H25NO2/c1-13(2)15-8-4-5-9-16(15)20-12-17(19)18-10-6-7-14(3)11-18/h4-5,8-9,13-14H,6-7,10-12H2,1-3H3. The molecule has 3 heteroatoms. The lowest BCUT2D eigenvalue weighted by atomic mass is 10.0. The zero-order chi connectivity index (χ0) is 14.5. The SMILES string of the molecule is CC1CCCN(C(=O)COc2ccccc2C(C)C)C1. The van der Waals surface area contributed by atoms with E-state index >= 15 is 0 Å². The highest BCUT2D eigenvalue weighted by Crippen LogP contribution is 2.26. The Labute approximate surface area is 121 Å². The Morgan fingerprint density at radius 3 is 2.85 bits per heavy atom. The predicted molar refractivity (Wildman–Crippen MR) is 81.0 cm³/mol. The molecule has 3 nitrogen and oxygen atoms in total. The molecule has 1 aliphatic heterocycles. The lowest BCUT2D eigenvalue weighted by Crippen LogP contribution is -2.41. The van der Waals surface area contributed by atoms with Crippen LogP contribution < -0.4 is 4.74 Å². The molecule has 1 amide bonds. The van der Waals surface area contributed by atoms with Crippen LogP contribution in [0.5, 0.6) is 5.75 Å². The van der Waals surface area contributed by atoms with Gasteiger partial charge >= 0.3 is 0 Å². The van der Waals surface area contributed by atoms with Crippen molar-refractivity contribution in [1.82, 2.24) is 4.90 Å². The number of nitrogens with zero attached hydrogens (tertiary/aromatic N) is 1. The minimum Gasteiger partial charge on any atom is -0.483 e. The minimum atomic E-state index is 0.107. The van der Waals surface area contributed by atoms with Crippen molar-refractivity contribution in [1.29, 1.82) is 0 Å². The maximum Gasteiger partial charge on any atom is 0.260 e. The summed E-state index contributed by atoms with van der Waals surface area (Å²) in [5.74, 6) is 1.95. The smallest absolute Gasteiger partial charge is 0.260 e. The minimum absolute atomic E-state index is 0.107. The van der Waals surface area contributed by atoms with Crippen LogP contribution in [0.1, 0.15) is 45.1 Å². The lowest BCUT2D eigenvalue weighted by molar-refractivity contribution is -0.135. The molecule has 1 saturated heterocycles. The summed E-state index contributed by atoms with van der Waals surface area (Å²) in [6.45, 7) is 8.36. The van der Waals surface area contributed by atoms with Gasteiger partial charge in [0.1, 0.15) is 5.75 Å². The Morgan fingerprint density at radius 2 is 2.15 bits per heavy atom. The van der Waals surface area contributed by atoms with Crippen molar-refractivity contribution in [3.63, 3.8) is 0 Å². The number of para-hydroxylation sites is 1. The van der Waals surface area contributed by atoms with Gasteiger partial charge in [0.05, 0.1) is 0 Å². The van der Waals surface area contributed by atoms with Crippen LogP contribution in [0.2, 0.25) is 0 Å². The fourth-order valence-electron chi connectivity index (χ4n) is 2.74. The van der Waals surface area contributed by atoms with E-state index in [0.717, 1.165) is 30.8 Å². The van der Waals surface area contributed by atoms with Crippen molar-refractivity contribution >= 4 is 5.91 Å². The number of carbonyl (C=O) groups excluding carboxylic acids is 1. The molecule has 0 radical (unpaired) electrons. The average Bonchev–Trinajstić information content (AvgIpc) is 2.45. The number of benzene rings is 1. The predicted octanol–water partition coefficient (Wildman–Crippen LogP) is 3.45. The molecule has 2 rings (SSSR count). The summed E-state index contributed by atoms with van der Waals surface area (Å²) in [7, 11) is 0. The Morgan fingerprint density at radius 1 is 1.40 bits per heavy atom. The van der Waals surface area contributed by atoms with Gasteiger partial charge < -0.3 is 9.64 Å². The summed E-state index contributed by atoms with van der Waals surface area (Å²) >= 11 is 0. The number of hydrogen-bond acceptors (Lipinski definition) is 2. The number of ether oxygens (including phenoxy) is 1. The van der Waals surface area contributed by atoms with Crippen molar-refractivity contribution < 1.29 is 9.53 Å². The number of rotatable bonds is 4. The van der Waals surface area contributed by atoms with Gasteiger partial charge in [0.2, 0.25) is 0 Å². The quantitative estimate of drug-likeness (QED) is 0.842. The summed E-state index contributed by atoms with van der Waals surface area (Å²) in [6, 6.07) is 7.97. The second-order valence-electron chi connectivity index (χ2n) is 6.07. The molecule has 1 fully saturated rings. The normalized spacial score (nSPS) is 19.2. The Bertz CT molecular complexity index is 456. The van der Waals surface area contributed by atoms with E-state index in [-0.39, 0.29) is 12.5 Å². The van der Waals surface area contributed by atoms with E-state index in [0.29, 0.717) is 11.8 Å². The summed E-state index contributed by atoms with van der Waals surface area (Å²) in [4.78, 5) is 14.1. The largest absolute Gasteiger partial charge is 0.483 e. The van der Waals surface area contributed by atoms with Gasteiger partial charge in [0, 0.05) is 13.1 Å². The Balaban J connectivity index is 1.93. The zero-order valence-electron chi connectivity index (χ0n) is 12.8. The molecule has 1 atom stereocenters. The number of piperidine rings is 1. The number of likely N-dealkylation sites (tertiary alicyclic amines) is 1. The van der Waals surface area contributed by atoms with Gasteiger partial charge in [-0.2, -0.15) is 0 Å². The first-order valence-corrected chi connectivity index (χ1v) is 7.57. The van der Waals surface area contributed by atoms with E-state index in [1.54, 1.807) is 0 Å². The van der Waals surface area contributed by atoms with Crippen molar-refractivity contribution in [3.8, 4) is 5.75 Å². The first kappa shape index (κ1) is 14.9. The lowest BCUT2D eigenvalue weighted by Gasteiger charge is -2.31. The third-order valence-corrected chi connectivity index (χ3v) is 3.90. The first-order chi connectivity index (χ1) is 9.58. The van der Waals surface area contributed by atoms with Crippen LogP contribution in [0.3, 0.4) is 0 Å². The van der Waals surface area contributed by atoms with Gasteiger partial charge in [-0.3, -0.25) is 4.79 Å². The van der Waals surface area contributed by atoms with E-state index < -0.39 is 0 Å². The average molecular weight is 275 g/mol. The van der Waals surface area contributed by atoms with E-state index in [4.69, 9.17) is 4.74 Å². The Hall–Kier alpha value is -1.51. The van der Waals surface area contributed by atoms with Crippen LogP contribution in [-0.4, -0.2) is 30.5 Å². The van der Waals surface area contributed by atoms with Crippen LogP contribution in [0, 0.1) is 5.92 Å². The van der Waals surface area contributed by atoms with Gasteiger partial charge in [0.15, 0.2) is 6.61 Å². The van der Waals surface area contributed by atoms with Gasteiger partial charge in [-0.25, -0.2) is 0 Å². The van der Waals surface area contributed by atoms with Crippen molar-refractivity contribution in [2.45, 2.75) is 39.5 Å². The Kier molecular flexibility index (Phi) is 5.05. The van der Waals surface area contributed by atoms with E-state index in [1.165, 1.54) is 6.42 Å². The summed E-state index contributed by atoms with van der Waals surface area (Å²) in [5.41, 5.74) is 1.16. The molecular formula is C17H25NO2. The fourth-order valence-corrected chi connectivity index (χ4v) is 2.74. The number of hydrogen-bond donors (Lipinski definition) is 0. The van der Waals surface area contributed by atoms with Gasteiger partial charge in [-0.1, -0.05) is 39.0 Å². The van der Waals surface area contributed by atoms with Crippen LogP contribution >= 0.6 is 0 Å². The maximum absolute atomic E-state index is 12.2. The highest BCUT2D eigenvalue weighted by molar-refractivity contribution is 5.77. The molecule has 0 N–H and O–H groups in total. The van der Waals surface area contributed by atoms with E-state index in [1.807, 2.05) is 23.1 Å². The highest BCUT2D eigenvalue weighted by atomic mass is 16.5. The number of amides is 1. The second kappa shape index (κ2) is 6.78. The molecule has 1 unspecified atom stereocenters. The molecule has 20 heavy (non-hydrogen) atoms. The molecule has 1 heterocycles. The molecule has 0 aromatic heterocycles. The van der Waals surface area contributed by atoms with Gasteiger partial charge in [-0.05, 0) is 36.3 Å². The monoisotopic (exact) mass is 275 g/mol. The summed E-state index contributed by atoms with van der Waals surface area (Å²) < 4.78 is 5.76. The van der Waals surface area contributed by atoms with Crippen molar-refractivity contribution in [2.75, 3.05) is 19.7 Å². The molecular weight excluding hydrogens is 250 g/mol. The zero-order valence-corrected chi connectivity index (χ0v) is 12.8. The van der Waals surface area contributed by atoms with Crippen LogP contribution in [0.15, 0.2) is 24.3 Å². The summed E-state index contributed by atoms with van der Waals surface area (Å²) in [5, 5.41) is 0. The molecule has 0 aliphatic carbocycles. The van der Waals surface area contributed by atoms with Crippen LogP contribution in [0.4, 0.5) is 0 Å². The molecule has 0 saturated carbocycles. The molecule has 110 valence electrons. The second-order valence-corrected chi connectivity index (χ2v) is 6.07. The van der Waals surface area contributed by atoms with E-state index in [2.05, 4.69) is 26.8 Å². The molecule has 1 aliphatic rings. The van der Waals surface area contributed by atoms with Crippen molar-refractivity contribution in [3.05, 3.63) is 29.8 Å². The summed E-state index contributed by atoms with van der Waals surface area (Å²) in [6.07, 6.45) is 2.33. The molecule has 0 spiro atoms. The third-order valence-electron chi connectivity index (χ3n) is 3.90. The van der Waals surface area contributed by atoms with Crippen LogP contribution in [0.25, 0.3) is 0 Å². The molecule has 0 bridgehead atoms. The highest BCUT2D eigenvalue weighted by Gasteiger charge is 2.21. The molecule has 1 aromatic carbocycles. The topological polar surface area (TPSA) is 29.5 Å². The van der Waals surface area contributed by atoms with Gasteiger partial charge in [-0.15, -0.1) is 0 Å². The van der Waals surface area contributed by atoms with Crippen molar-refractivity contribution in [2.24, 2.45) is 5.92 Å². The molecule has 1 aromatic rings. The fraction of sp³-hybridized carbons (Fsp3) is 0.588. The maximum atomic E-state index is 12.2. The van der Waals surface area contributed by atoms with Gasteiger partial charge in [0.25, 0.3) is 5.91 Å². The number of carbonyl (C=O) groups is 1.